The van der Waals surface area contributed by atoms with Crippen molar-refractivity contribution in [2.75, 3.05) is 31.1 Å². The third-order valence-electron chi connectivity index (χ3n) is 5.55. The molecule has 30 heavy (non-hydrogen) atoms. The standard InChI is InChI=1S/C17H24N4O2.C2HF3O2/c22-16(20-10-12-2-3-12)13-5-9-23-15-4-8-21(11-14(13)15)17-18-6-1-7-19-17;3-2(4,5)1(6)7/h1,6-7,12-15H,2-5,8-11H2,(H,20,22);(H,6,7)/t13-,14-,15-;/m1./s1. The van der Waals surface area contributed by atoms with E-state index in [0.29, 0.717) is 6.61 Å². The zero-order valence-electron chi connectivity index (χ0n) is 16.3. The molecule has 0 bridgehead atoms. The largest absolute Gasteiger partial charge is 0.490 e. The number of ether oxygens (including phenoxy) is 1. The van der Waals surface area contributed by atoms with E-state index in [1.807, 2.05) is 6.07 Å². The molecule has 2 N–H and O–H groups in total. The van der Waals surface area contributed by atoms with E-state index in [9.17, 15) is 18.0 Å². The van der Waals surface area contributed by atoms with Crippen LogP contribution in [0.1, 0.15) is 25.7 Å². The summed E-state index contributed by atoms with van der Waals surface area (Å²) < 4.78 is 37.7. The number of nitrogens with zero attached hydrogens (tertiary/aromatic N) is 3. The van der Waals surface area contributed by atoms with Gasteiger partial charge < -0.3 is 20.1 Å². The van der Waals surface area contributed by atoms with Crippen LogP contribution >= 0.6 is 0 Å². The van der Waals surface area contributed by atoms with Crippen LogP contribution in [-0.4, -0.2) is 65.5 Å². The normalized spacial score (nSPS) is 26.1. The van der Waals surface area contributed by atoms with Gasteiger partial charge in [0, 0.05) is 50.5 Å². The first-order valence-electron chi connectivity index (χ1n) is 9.97. The van der Waals surface area contributed by atoms with Crippen LogP contribution in [0.3, 0.4) is 0 Å². The van der Waals surface area contributed by atoms with Crippen LogP contribution in [0.2, 0.25) is 0 Å². The summed E-state index contributed by atoms with van der Waals surface area (Å²) in [6.07, 6.45) is 2.94. The van der Waals surface area contributed by atoms with E-state index in [1.165, 1.54) is 12.8 Å². The number of alkyl halides is 3. The number of hydrogen-bond acceptors (Lipinski definition) is 6. The van der Waals surface area contributed by atoms with Crippen LogP contribution in [0, 0.1) is 17.8 Å². The molecule has 1 aromatic heterocycles. The van der Waals surface area contributed by atoms with Crippen molar-refractivity contribution in [3.05, 3.63) is 18.5 Å². The first kappa shape index (κ1) is 22.3. The topological polar surface area (TPSA) is 105 Å². The first-order chi connectivity index (χ1) is 14.3. The van der Waals surface area contributed by atoms with Crippen LogP contribution in [0.5, 0.6) is 0 Å². The van der Waals surface area contributed by atoms with Gasteiger partial charge >= 0.3 is 12.1 Å². The maximum absolute atomic E-state index is 12.6. The third-order valence-corrected chi connectivity index (χ3v) is 5.55. The second kappa shape index (κ2) is 9.59. The molecule has 4 rings (SSSR count). The Balaban J connectivity index is 0.000000318. The molecule has 3 heterocycles. The highest BCUT2D eigenvalue weighted by Crippen LogP contribution is 2.34. The molecule has 1 aliphatic carbocycles. The molecule has 3 fully saturated rings. The molecule has 1 amide bonds. The lowest BCUT2D eigenvalue weighted by Gasteiger charge is -2.44. The van der Waals surface area contributed by atoms with Gasteiger partial charge in [0.2, 0.25) is 11.9 Å². The maximum Gasteiger partial charge on any atom is 0.490 e. The van der Waals surface area contributed by atoms with Gasteiger partial charge in [-0.1, -0.05) is 0 Å². The lowest BCUT2D eigenvalue weighted by Crippen LogP contribution is -2.53. The second-order valence-electron chi connectivity index (χ2n) is 7.74. The molecular formula is C19H25F3N4O4. The molecule has 2 aliphatic heterocycles. The first-order valence-corrected chi connectivity index (χ1v) is 9.97. The van der Waals surface area contributed by atoms with Gasteiger partial charge in [0.15, 0.2) is 0 Å². The van der Waals surface area contributed by atoms with E-state index in [4.69, 9.17) is 14.6 Å². The Morgan fingerprint density at radius 3 is 2.47 bits per heavy atom. The second-order valence-corrected chi connectivity index (χ2v) is 7.74. The predicted octanol–water partition coefficient (Wildman–Crippen LogP) is 1.87. The highest BCUT2D eigenvalue weighted by atomic mass is 19.4. The van der Waals surface area contributed by atoms with Crippen molar-refractivity contribution in [3.63, 3.8) is 0 Å². The minimum absolute atomic E-state index is 0.0546. The molecule has 0 unspecified atom stereocenters. The predicted molar refractivity (Wildman–Crippen MR) is 99.6 cm³/mol. The molecule has 0 radical (unpaired) electrons. The number of aromatic nitrogens is 2. The highest BCUT2D eigenvalue weighted by molar-refractivity contribution is 5.79. The number of piperidine rings is 1. The van der Waals surface area contributed by atoms with Crippen LogP contribution in [0.25, 0.3) is 0 Å². The van der Waals surface area contributed by atoms with Crippen LogP contribution in [-0.2, 0) is 14.3 Å². The number of carbonyl (C=O) groups excluding carboxylic acids is 1. The van der Waals surface area contributed by atoms with Crippen molar-refractivity contribution in [2.24, 2.45) is 17.8 Å². The van der Waals surface area contributed by atoms with Gasteiger partial charge in [-0.2, -0.15) is 13.2 Å². The molecule has 11 heteroatoms. The molecule has 2 saturated heterocycles. The Morgan fingerprint density at radius 1 is 1.20 bits per heavy atom. The smallest absolute Gasteiger partial charge is 0.475 e. The summed E-state index contributed by atoms with van der Waals surface area (Å²) >= 11 is 0. The number of carboxylic acid groups (broad SMARTS) is 1. The number of fused-ring (bicyclic) bond motifs is 1. The molecule has 3 aliphatic rings. The van der Waals surface area contributed by atoms with Gasteiger partial charge in [-0.05, 0) is 37.7 Å². The monoisotopic (exact) mass is 430 g/mol. The summed E-state index contributed by atoms with van der Waals surface area (Å²) in [5.74, 6) is -0.776. The van der Waals surface area contributed by atoms with Crippen LogP contribution < -0.4 is 10.2 Å². The van der Waals surface area contributed by atoms with Crippen LogP contribution in [0.15, 0.2) is 18.5 Å². The number of rotatable bonds is 4. The van der Waals surface area contributed by atoms with Gasteiger partial charge in [-0.25, -0.2) is 14.8 Å². The molecule has 1 saturated carbocycles. The number of halogens is 3. The molecule has 166 valence electrons. The number of carboxylic acids is 1. The van der Waals surface area contributed by atoms with Crippen molar-refractivity contribution in [1.82, 2.24) is 15.3 Å². The average molecular weight is 430 g/mol. The number of carbonyl (C=O) groups is 2. The number of anilines is 1. The fourth-order valence-corrected chi connectivity index (χ4v) is 3.77. The summed E-state index contributed by atoms with van der Waals surface area (Å²) in [6.45, 7) is 3.24. The SMILES string of the molecule is O=C(NCC1CC1)[C@@H]1CCO[C@@H]2CCN(c3ncccn3)C[C@@H]21.O=C(O)C(F)(F)F. The number of nitrogens with one attached hydrogen (secondary N) is 1. The molecule has 1 aromatic rings. The van der Waals surface area contributed by atoms with Gasteiger partial charge in [0.05, 0.1) is 6.10 Å². The van der Waals surface area contributed by atoms with E-state index < -0.39 is 12.1 Å². The van der Waals surface area contributed by atoms with Gasteiger partial charge in [-0.3, -0.25) is 4.79 Å². The molecule has 0 spiro atoms. The number of amides is 1. The molecule has 0 aromatic carbocycles. The lowest BCUT2D eigenvalue weighted by molar-refractivity contribution is -0.192. The van der Waals surface area contributed by atoms with Crippen molar-refractivity contribution in [2.45, 2.75) is 38.0 Å². The Kier molecular flexibility index (Phi) is 7.11. The van der Waals surface area contributed by atoms with E-state index in [-0.39, 0.29) is 23.8 Å². The molecular weight excluding hydrogens is 405 g/mol. The van der Waals surface area contributed by atoms with Crippen LogP contribution in [0.4, 0.5) is 19.1 Å². The zero-order valence-corrected chi connectivity index (χ0v) is 16.3. The summed E-state index contributed by atoms with van der Waals surface area (Å²) in [5.41, 5.74) is 0. The fraction of sp³-hybridized carbons (Fsp3) is 0.684. The van der Waals surface area contributed by atoms with E-state index in [1.54, 1.807) is 12.4 Å². The summed E-state index contributed by atoms with van der Waals surface area (Å²) in [5, 5.41) is 10.3. The summed E-state index contributed by atoms with van der Waals surface area (Å²) in [6, 6.07) is 1.83. The molecule has 3 atom stereocenters. The minimum atomic E-state index is -5.08. The van der Waals surface area contributed by atoms with Gasteiger partial charge in [0.1, 0.15) is 0 Å². The highest BCUT2D eigenvalue weighted by Gasteiger charge is 2.42. The van der Waals surface area contributed by atoms with Crippen molar-refractivity contribution >= 4 is 17.8 Å². The summed E-state index contributed by atoms with van der Waals surface area (Å²) in [4.78, 5) is 32.4. The van der Waals surface area contributed by atoms with Gasteiger partial charge in [0.25, 0.3) is 0 Å². The fourth-order valence-electron chi connectivity index (χ4n) is 3.77. The third kappa shape index (κ3) is 6.04. The van der Waals surface area contributed by atoms with E-state index in [2.05, 4.69) is 20.2 Å². The molecule has 8 nitrogen and oxygen atoms in total. The average Bonchev–Trinajstić information content (AvgIpc) is 3.56. The van der Waals surface area contributed by atoms with Crippen molar-refractivity contribution in [1.29, 1.82) is 0 Å². The minimum Gasteiger partial charge on any atom is -0.475 e. The van der Waals surface area contributed by atoms with Gasteiger partial charge in [-0.15, -0.1) is 0 Å². The Bertz CT molecular complexity index is 730. The van der Waals surface area contributed by atoms with E-state index in [0.717, 1.165) is 44.3 Å². The summed E-state index contributed by atoms with van der Waals surface area (Å²) in [7, 11) is 0. The Morgan fingerprint density at radius 2 is 1.87 bits per heavy atom. The maximum atomic E-state index is 12.6. The quantitative estimate of drug-likeness (QED) is 0.751. The van der Waals surface area contributed by atoms with Crippen molar-refractivity contribution < 1.29 is 32.6 Å². The Labute approximate surface area is 171 Å². The Hall–Kier alpha value is -2.43. The van der Waals surface area contributed by atoms with E-state index >= 15 is 0 Å². The number of hydrogen-bond donors (Lipinski definition) is 2. The van der Waals surface area contributed by atoms with Crippen molar-refractivity contribution in [3.8, 4) is 0 Å². The number of aliphatic carboxylic acids is 1. The zero-order chi connectivity index (χ0) is 21.7. The lowest BCUT2D eigenvalue weighted by atomic mass is 9.79.